The Morgan fingerprint density at radius 2 is 0.971 bits per heavy atom. The molecular weight excluding hydrogens is 872 g/mol. The van der Waals surface area contributed by atoms with Gasteiger partial charge < -0.3 is 4.57 Å². The molecule has 9 aromatic carbocycles. The molecule has 2 aromatic heterocycles. The number of alkyl halides is 3. The summed E-state index contributed by atoms with van der Waals surface area (Å²) in [5, 5.41) is 11.7. The number of halogens is 3. The summed E-state index contributed by atoms with van der Waals surface area (Å²) in [7, 11) is 0. The van der Waals surface area contributed by atoms with E-state index in [1.54, 1.807) is 12.1 Å². The van der Waals surface area contributed by atoms with Gasteiger partial charge >= 0.3 is 6.18 Å². The van der Waals surface area contributed by atoms with Crippen molar-refractivity contribution in [3.63, 3.8) is 0 Å². The second kappa shape index (κ2) is 17.7. The summed E-state index contributed by atoms with van der Waals surface area (Å²) in [6, 6.07) is 69.3. The smallest absolute Gasteiger partial charge is 0.308 e. The number of aromatic nitrogens is 3. The largest absolute Gasteiger partial charge is 0.416 e. The summed E-state index contributed by atoms with van der Waals surface area (Å²) in [6.45, 7) is 9.75. The monoisotopic (exact) mass is 909 g/mol. The molecule has 0 aliphatic carbocycles. The summed E-state index contributed by atoms with van der Waals surface area (Å²) in [5.41, 5.74) is 14.3. The van der Waals surface area contributed by atoms with E-state index in [1.807, 2.05) is 128 Å². The van der Waals surface area contributed by atoms with E-state index in [0.29, 0.717) is 33.8 Å². The molecule has 0 bridgehead atoms. The number of hydrogen-bond acceptors (Lipinski definition) is 3. The van der Waals surface area contributed by atoms with Crippen molar-refractivity contribution in [2.75, 3.05) is 0 Å². The molecule has 5 nitrogen and oxygen atoms in total. The van der Waals surface area contributed by atoms with Gasteiger partial charge in [0.05, 0.1) is 51.9 Å². The zero-order valence-corrected chi connectivity index (χ0v) is 37.6. The molecule has 0 fully saturated rings. The van der Waals surface area contributed by atoms with E-state index in [2.05, 4.69) is 70.1 Å². The maximum atomic E-state index is 14.3. The molecule has 11 aromatic rings. The molecule has 0 amide bonds. The van der Waals surface area contributed by atoms with Crippen molar-refractivity contribution in [3.8, 4) is 90.2 Å². The molecule has 332 valence electrons. The fourth-order valence-corrected chi connectivity index (χ4v) is 9.25. The van der Waals surface area contributed by atoms with Crippen molar-refractivity contribution >= 4 is 27.5 Å². The fourth-order valence-electron chi connectivity index (χ4n) is 9.25. The Labute approximate surface area is 402 Å². The minimum Gasteiger partial charge on any atom is -0.308 e. The van der Waals surface area contributed by atoms with Crippen LogP contribution in [0.5, 0.6) is 0 Å². The number of rotatable bonds is 8. The Hall–Kier alpha value is -9.37. The van der Waals surface area contributed by atoms with Gasteiger partial charge in [-0.15, -0.1) is 0 Å². The third-order valence-corrected chi connectivity index (χ3v) is 12.7. The first kappa shape index (κ1) is 43.2. The Balaban J connectivity index is 1.26. The summed E-state index contributed by atoms with van der Waals surface area (Å²) in [4.78, 5) is 14.1. The number of benzene rings is 9. The number of fused-ring (bicyclic) bond motifs is 3. The van der Waals surface area contributed by atoms with Crippen LogP contribution >= 0.6 is 0 Å². The van der Waals surface area contributed by atoms with Gasteiger partial charge in [0.25, 0.3) is 0 Å². The first-order valence-corrected chi connectivity index (χ1v) is 22.6. The van der Waals surface area contributed by atoms with Gasteiger partial charge in [0, 0.05) is 38.6 Å². The molecule has 0 atom stereocenters. The van der Waals surface area contributed by atoms with Crippen LogP contribution < -0.4 is 0 Å². The highest BCUT2D eigenvalue weighted by Crippen LogP contribution is 2.46. The Bertz CT molecular complexity index is 3710. The van der Waals surface area contributed by atoms with E-state index < -0.39 is 11.7 Å². The first-order valence-electron chi connectivity index (χ1n) is 22.6. The Morgan fingerprint density at radius 3 is 1.50 bits per heavy atom. The topological polar surface area (TPSA) is 58.9 Å². The zero-order valence-electron chi connectivity index (χ0n) is 37.6. The number of nitrogens with zero attached hydrogens (tertiary/aromatic N) is 5. The van der Waals surface area contributed by atoms with Crippen molar-refractivity contribution in [2.45, 2.75) is 13.1 Å². The molecule has 8 heteroatoms. The maximum absolute atomic E-state index is 14.3. The zero-order chi connectivity index (χ0) is 47.9. The first-order chi connectivity index (χ1) is 34.1. The average molecular weight is 910 g/mol. The van der Waals surface area contributed by atoms with Crippen LogP contribution in [0.4, 0.5) is 18.9 Å². The molecule has 0 radical (unpaired) electrons. The van der Waals surface area contributed by atoms with Gasteiger partial charge in [-0.05, 0) is 113 Å². The lowest BCUT2D eigenvalue weighted by molar-refractivity contribution is -0.137. The molecule has 0 spiro atoms. The van der Waals surface area contributed by atoms with E-state index >= 15 is 0 Å². The SMILES string of the molecule is [C-]#[N+]c1cccc(-c2ccc3c(c2)c2cc(-c4cccc(C#N)c4)ccc2n3-c2c(-c3ccc(C)cc3)cc(-c3nc(-c4ccccc4)cc(-c4ccccc4)n3)cc2-c2ccc(C(F)(F)F)cc2)c1. The van der Waals surface area contributed by atoms with Crippen molar-refractivity contribution in [2.24, 2.45) is 0 Å². The average Bonchev–Trinajstić information content (AvgIpc) is 3.73. The second-order valence-electron chi connectivity index (χ2n) is 17.2. The summed E-state index contributed by atoms with van der Waals surface area (Å²) in [5.74, 6) is 0.450. The van der Waals surface area contributed by atoms with Gasteiger partial charge in [0.2, 0.25) is 0 Å². The van der Waals surface area contributed by atoms with Crippen LogP contribution in [-0.2, 0) is 6.18 Å². The summed E-state index contributed by atoms with van der Waals surface area (Å²) < 4.78 is 45.0. The predicted molar refractivity (Wildman–Crippen MR) is 275 cm³/mol. The highest BCUT2D eigenvalue weighted by Gasteiger charge is 2.31. The molecule has 11 rings (SSSR count). The minimum atomic E-state index is -4.54. The predicted octanol–water partition coefficient (Wildman–Crippen LogP) is 17.0. The second-order valence-corrected chi connectivity index (χ2v) is 17.2. The number of aryl methyl sites for hydroxylation is 1. The van der Waals surface area contributed by atoms with Gasteiger partial charge in [-0.1, -0.05) is 145 Å². The van der Waals surface area contributed by atoms with Crippen LogP contribution in [0, 0.1) is 24.8 Å². The van der Waals surface area contributed by atoms with Crippen LogP contribution in [0.1, 0.15) is 16.7 Å². The molecule has 0 unspecified atom stereocenters. The lowest BCUT2D eigenvalue weighted by atomic mass is 9.91. The van der Waals surface area contributed by atoms with Crippen LogP contribution in [0.15, 0.2) is 212 Å². The molecule has 2 heterocycles. The molecule has 0 saturated carbocycles. The third kappa shape index (κ3) is 8.14. The van der Waals surface area contributed by atoms with Crippen molar-refractivity contribution < 1.29 is 13.2 Å². The quantitative estimate of drug-likeness (QED) is 0.143. The van der Waals surface area contributed by atoms with Gasteiger partial charge in [-0.25, -0.2) is 14.8 Å². The molecule has 70 heavy (non-hydrogen) atoms. The van der Waals surface area contributed by atoms with Crippen molar-refractivity contribution in [1.82, 2.24) is 14.5 Å². The van der Waals surface area contributed by atoms with Crippen LogP contribution in [-0.4, -0.2) is 14.5 Å². The van der Waals surface area contributed by atoms with Crippen LogP contribution in [0.25, 0.3) is 111 Å². The minimum absolute atomic E-state index is 0.450. The standard InChI is InChI=1S/C62H38F3N5/c1-39-19-21-41(22-20-39)52-35-49(61-68-56(43-12-5-3-6-13-43)37-57(69-61)44-14-7-4-8-15-44)36-53(42-23-27-50(28-24-42)62(63,64)65)60(52)70-58-29-25-47(45-16-9-11-40(31-45)38-66)33-54(58)55-34-48(26-30-59(55)70)46-17-10-18-51(32-46)67-2/h3-37H,1H3. The van der Waals surface area contributed by atoms with E-state index in [1.165, 1.54) is 12.1 Å². The van der Waals surface area contributed by atoms with Gasteiger partial charge in [-0.2, -0.15) is 18.4 Å². The highest BCUT2D eigenvalue weighted by molar-refractivity contribution is 6.13. The summed E-state index contributed by atoms with van der Waals surface area (Å²) in [6.07, 6.45) is -4.54. The van der Waals surface area contributed by atoms with Gasteiger partial charge in [0.15, 0.2) is 11.5 Å². The van der Waals surface area contributed by atoms with Gasteiger partial charge in [-0.3, -0.25) is 0 Å². The van der Waals surface area contributed by atoms with E-state index in [0.717, 1.165) is 101 Å². The Kier molecular flexibility index (Phi) is 10.9. The van der Waals surface area contributed by atoms with Crippen LogP contribution in [0.3, 0.4) is 0 Å². The highest BCUT2D eigenvalue weighted by atomic mass is 19.4. The summed E-state index contributed by atoms with van der Waals surface area (Å²) >= 11 is 0. The normalized spacial score (nSPS) is 11.4. The Morgan fingerprint density at radius 1 is 0.486 bits per heavy atom. The maximum Gasteiger partial charge on any atom is 0.416 e. The fraction of sp³-hybridized carbons (Fsp3) is 0.0323. The molecule has 0 N–H and O–H groups in total. The van der Waals surface area contributed by atoms with E-state index in [9.17, 15) is 18.4 Å². The van der Waals surface area contributed by atoms with E-state index in [-0.39, 0.29) is 0 Å². The van der Waals surface area contributed by atoms with Gasteiger partial charge in [0.1, 0.15) is 0 Å². The molecule has 0 aliphatic heterocycles. The number of nitriles is 1. The van der Waals surface area contributed by atoms with Crippen molar-refractivity contribution in [1.29, 1.82) is 5.26 Å². The third-order valence-electron chi connectivity index (χ3n) is 12.7. The molecule has 0 aliphatic rings. The van der Waals surface area contributed by atoms with Crippen LogP contribution in [0.2, 0.25) is 0 Å². The van der Waals surface area contributed by atoms with Crippen molar-refractivity contribution in [3.05, 3.63) is 240 Å². The number of hydrogen-bond donors (Lipinski definition) is 0. The van der Waals surface area contributed by atoms with E-state index in [4.69, 9.17) is 16.5 Å². The lowest BCUT2D eigenvalue weighted by Gasteiger charge is -2.21. The molecular formula is C62H38F3N5. The lowest BCUT2D eigenvalue weighted by Crippen LogP contribution is -2.05. The molecule has 0 saturated heterocycles.